The normalized spacial score (nSPS) is 10.3. The first kappa shape index (κ1) is 52.0. The van der Waals surface area contributed by atoms with E-state index in [1.807, 2.05) is 72.8 Å². The van der Waals surface area contributed by atoms with Gasteiger partial charge in [0.15, 0.2) is 23.4 Å². The Morgan fingerprint density at radius 2 is 1.07 bits per heavy atom. The van der Waals surface area contributed by atoms with Crippen LogP contribution in [-0.4, -0.2) is 126 Å². The van der Waals surface area contributed by atoms with E-state index in [0.717, 1.165) is 33.9 Å². The number of aliphatic hydroxyl groups is 2. The van der Waals surface area contributed by atoms with Gasteiger partial charge in [-0.2, -0.15) is 5.10 Å². The molecule has 3 aromatic carbocycles. The van der Waals surface area contributed by atoms with Gasteiger partial charge in [-0.25, -0.2) is 39.4 Å². The number of aromatic amines is 2. The number of rotatable bonds is 15. The molecule has 0 atom stereocenters. The Morgan fingerprint density at radius 3 is 1.54 bits per heavy atom. The van der Waals surface area contributed by atoms with Crippen molar-refractivity contribution >= 4 is 35.2 Å². The molecule has 0 amide bonds. The van der Waals surface area contributed by atoms with E-state index in [9.17, 15) is 29.1 Å². The van der Waals surface area contributed by atoms with Gasteiger partial charge in [-0.05, 0) is 53.1 Å². The molecule has 70 heavy (non-hydrogen) atoms. The quantitative estimate of drug-likeness (QED) is 0.0648. The summed E-state index contributed by atoms with van der Waals surface area (Å²) in [5, 5.41) is 24.0. The molecule has 0 unspecified atom stereocenters. The summed E-state index contributed by atoms with van der Waals surface area (Å²) < 4.78 is 34.1. The number of carbonyl (C=O) groups is 4. The Labute approximate surface area is 399 Å². The first-order valence-corrected chi connectivity index (χ1v) is 20.8. The van der Waals surface area contributed by atoms with Gasteiger partial charge in [-0.1, -0.05) is 36.4 Å². The zero-order chi connectivity index (χ0) is 50.6. The number of aliphatic hydroxyl groups excluding tert-OH is 2. The van der Waals surface area contributed by atoms with Gasteiger partial charge in [0.2, 0.25) is 0 Å². The fourth-order valence-electron chi connectivity index (χ4n) is 6.47. The summed E-state index contributed by atoms with van der Waals surface area (Å²) in [4.78, 5) is 75.3. The van der Waals surface area contributed by atoms with Crippen molar-refractivity contribution in [3.05, 3.63) is 166 Å². The topological polar surface area (TPSA) is 292 Å². The number of nitrogens with zero attached hydrogens (tertiary/aromatic N) is 8. The highest BCUT2D eigenvalue weighted by Crippen LogP contribution is 2.18. The van der Waals surface area contributed by atoms with Gasteiger partial charge >= 0.3 is 17.9 Å². The first-order valence-electron chi connectivity index (χ1n) is 20.8. The number of fused-ring (bicyclic) bond motifs is 1. The molecule has 0 spiro atoms. The molecular weight excluding hydrogens is 913 g/mol. The standard InChI is InChI=1S/C14H16N2O4.C14H14N2O4.C13H12N4O2.C6H8N2O3/c2*1-19-11-5-3-10(4-6-11)7-16-9-15-12(8-17)13(16)14(18)20-2;1-19-10-4-2-9(3-5-10)7-17-8-14-11-6-15-16-13(18)12(11)17;1-11-6(10)5-4(2-9)7-3-8-5/h3-6,9,17H,7-8H2,1-2H3;3-6,8-9H,7H2,1-2H3;2-6,8H,7H2,1H3,(H,16,18);3,9H,2H2,1H3,(H,7,8). The summed E-state index contributed by atoms with van der Waals surface area (Å²) in [5.74, 6) is 0.680. The minimum Gasteiger partial charge on any atom is -0.497 e. The van der Waals surface area contributed by atoms with E-state index < -0.39 is 17.9 Å². The predicted molar refractivity (Wildman–Crippen MR) is 249 cm³/mol. The average Bonchev–Trinajstić information content (AvgIpc) is 4.24. The van der Waals surface area contributed by atoms with Crippen LogP contribution in [0, 0.1) is 0 Å². The van der Waals surface area contributed by atoms with Gasteiger partial charge in [0, 0.05) is 19.6 Å². The van der Waals surface area contributed by atoms with E-state index in [4.69, 9.17) is 24.1 Å². The highest BCUT2D eigenvalue weighted by atomic mass is 16.5. The molecule has 0 aliphatic carbocycles. The SMILES string of the molecule is COC(=O)c1c(C=O)ncn1Cc1ccc(OC)cc1.COC(=O)c1c(CO)ncn1Cc1ccc(OC)cc1.COC(=O)c1nc[nH]c1CO.COc1ccc(Cn2cnc3cn[nH]c(=O)c32)cc1. The van der Waals surface area contributed by atoms with Crippen LogP contribution in [0.25, 0.3) is 11.0 Å². The maximum absolute atomic E-state index is 11.8. The maximum atomic E-state index is 11.8. The largest absolute Gasteiger partial charge is 0.497 e. The maximum Gasteiger partial charge on any atom is 0.358 e. The zero-order valence-electron chi connectivity index (χ0n) is 38.9. The molecule has 4 N–H and O–H groups in total. The predicted octanol–water partition coefficient (Wildman–Crippen LogP) is 3.62. The molecule has 0 fully saturated rings. The van der Waals surface area contributed by atoms with E-state index >= 15 is 0 Å². The van der Waals surface area contributed by atoms with Crippen molar-refractivity contribution in [1.29, 1.82) is 0 Å². The monoisotopic (exact) mass is 962 g/mol. The smallest absolute Gasteiger partial charge is 0.358 e. The van der Waals surface area contributed by atoms with Crippen LogP contribution in [0.15, 0.2) is 109 Å². The van der Waals surface area contributed by atoms with Crippen molar-refractivity contribution in [2.75, 3.05) is 42.7 Å². The molecule has 0 saturated carbocycles. The molecule has 0 aliphatic heterocycles. The van der Waals surface area contributed by atoms with Gasteiger partial charge in [-0.3, -0.25) is 9.59 Å². The van der Waals surface area contributed by atoms with Crippen LogP contribution in [0.2, 0.25) is 0 Å². The van der Waals surface area contributed by atoms with Crippen molar-refractivity contribution in [3.8, 4) is 17.2 Å². The summed E-state index contributed by atoms with van der Waals surface area (Å²) >= 11 is 0. The molecule has 0 bridgehead atoms. The third-order valence-electron chi connectivity index (χ3n) is 10.0. The second kappa shape index (κ2) is 25.8. The van der Waals surface area contributed by atoms with Crippen LogP contribution in [0.4, 0.5) is 0 Å². The molecule has 8 rings (SSSR count). The molecule has 366 valence electrons. The lowest BCUT2D eigenvalue weighted by atomic mass is 10.2. The molecule has 8 aromatic rings. The number of hydrogen-bond donors (Lipinski definition) is 4. The van der Waals surface area contributed by atoms with Gasteiger partial charge < -0.3 is 57.3 Å². The number of aldehydes is 1. The third kappa shape index (κ3) is 13.4. The summed E-state index contributed by atoms with van der Waals surface area (Å²) in [7, 11) is 8.66. The second-order valence-corrected chi connectivity index (χ2v) is 14.3. The van der Waals surface area contributed by atoms with Gasteiger partial charge in [0.25, 0.3) is 5.56 Å². The van der Waals surface area contributed by atoms with Crippen LogP contribution < -0.4 is 19.8 Å². The number of esters is 3. The Balaban J connectivity index is 0.000000177. The zero-order valence-corrected chi connectivity index (χ0v) is 38.9. The molecule has 0 aliphatic rings. The Kier molecular flexibility index (Phi) is 19.2. The van der Waals surface area contributed by atoms with Crippen molar-refractivity contribution < 1.29 is 57.8 Å². The Hall–Kier alpha value is -8.96. The highest BCUT2D eigenvalue weighted by Gasteiger charge is 2.20. The van der Waals surface area contributed by atoms with Crippen molar-refractivity contribution in [2.24, 2.45) is 0 Å². The van der Waals surface area contributed by atoms with Gasteiger partial charge in [0.1, 0.15) is 34.0 Å². The summed E-state index contributed by atoms with van der Waals surface area (Å²) in [6, 6.07) is 22.6. The minimum atomic E-state index is -0.585. The Bertz CT molecular complexity index is 3010. The van der Waals surface area contributed by atoms with Crippen LogP contribution >= 0.6 is 0 Å². The lowest BCUT2D eigenvalue weighted by Gasteiger charge is -2.08. The fourth-order valence-corrected chi connectivity index (χ4v) is 6.47. The molecule has 0 saturated heterocycles. The summed E-state index contributed by atoms with van der Waals surface area (Å²) in [6.07, 6.45) is 8.02. The van der Waals surface area contributed by atoms with E-state index in [1.54, 1.807) is 47.6 Å². The van der Waals surface area contributed by atoms with Gasteiger partial charge in [0.05, 0.1) is 98.8 Å². The second-order valence-electron chi connectivity index (χ2n) is 14.3. The lowest BCUT2D eigenvalue weighted by Crippen LogP contribution is -2.13. The number of aromatic nitrogens is 10. The number of benzene rings is 3. The van der Waals surface area contributed by atoms with E-state index in [2.05, 4.69) is 44.6 Å². The van der Waals surface area contributed by atoms with E-state index in [0.29, 0.717) is 48.3 Å². The van der Waals surface area contributed by atoms with Crippen LogP contribution in [0.3, 0.4) is 0 Å². The van der Waals surface area contributed by atoms with Crippen molar-refractivity contribution in [1.82, 2.24) is 48.8 Å². The number of methoxy groups -OCH3 is 6. The van der Waals surface area contributed by atoms with E-state index in [1.165, 1.54) is 40.3 Å². The van der Waals surface area contributed by atoms with Crippen LogP contribution in [0.5, 0.6) is 17.2 Å². The molecule has 23 heteroatoms. The minimum absolute atomic E-state index is 0.0744. The molecule has 5 aromatic heterocycles. The number of carbonyl (C=O) groups excluding carboxylic acids is 4. The summed E-state index contributed by atoms with van der Waals surface area (Å²) in [5.41, 5.74) is 5.21. The molecule has 23 nitrogen and oxygen atoms in total. The first-order chi connectivity index (χ1) is 33.9. The highest BCUT2D eigenvalue weighted by molar-refractivity contribution is 5.95. The molecule has 5 heterocycles. The number of H-pyrrole nitrogens is 2. The van der Waals surface area contributed by atoms with E-state index in [-0.39, 0.29) is 41.5 Å². The van der Waals surface area contributed by atoms with Crippen molar-refractivity contribution in [3.63, 3.8) is 0 Å². The lowest BCUT2D eigenvalue weighted by molar-refractivity contribution is 0.0577. The third-order valence-corrected chi connectivity index (χ3v) is 10.0. The number of nitrogens with one attached hydrogen (secondary N) is 2. The number of hydrogen-bond acceptors (Lipinski definition) is 18. The Morgan fingerprint density at radius 1 is 0.600 bits per heavy atom. The molecule has 0 radical (unpaired) electrons. The van der Waals surface area contributed by atoms with Gasteiger partial charge in [-0.15, -0.1) is 0 Å². The average molecular weight is 963 g/mol. The van der Waals surface area contributed by atoms with Crippen LogP contribution in [0.1, 0.15) is 70.0 Å². The van der Waals surface area contributed by atoms with Crippen LogP contribution in [-0.2, 0) is 47.1 Å². The summed E-state index contributed by atoms with van der Waals surface area (Å²) in [6.45, 7) is 0.898. The van der Waals surface area contributed by atoms with Crippen molar-refractivity contribution in [2.45, 2.75) is 32.8 Å². The number of ether oxygens (including phenoxy) is 6. The molecular formula is C47H50N10O13. The fraction of sp³-hybridized carbons (Fsp3) is 0.234. The number of imidazole rings is 4.